The Morgan fingerprint density at radius 3 is 2.38 bits per heavy atom. The number of benzene rings is 1. The minimum absolute atomic E-state index is 0.00903. The molecule has 0 unspecified atom stereocenters. The highest BCUT2D eigenvalue weighted by molar-refractivity contribution is 7.90. The molecule has 32 heavy (non-hydrogen) atoms. The van der Waals surface area contributed by atoms with Crippen LogP contribution in [0.25, 0.3) is 0 Å². The normalized spacial score (nSPS) is 11.5. The first kappa shape index (κ1) is 25.4. The van der Waals surface area contributed by atoms with Gasteiger partial charge in [0.15, 0.2) is 15.5 Å². The number of sulfone groups is 1. The van der Waals surface area contributed by atoms with Gasteiger partial charge < -0.3 is 10.6 Å². The third kappa shape index (κ3) is 5.67. The lowest BCUT2D eigenvalue weighted by Gasteiger charge is -2.25. The van der Waals surface area contributed by atoms with E-state index in [1.807, 2.05) is 13.8 Å². The predicted octanol–water partition coefficient (Wildman–Crippen LogP) is 2.47. The summed E-state index contributed by atoms with van der Waals surface area (Å²) >= 11 is 0. The van der Waals surface area contributed by atoms with E-state index in [0.717, 1.165) is 25.5 Å². The smallest absolute Gasteiger partial charge is 0.330 e. The van der Waals surface area contributed by atoms with Crippen LogP contribution in [0, 0.1) is 6.92 Å². The van der Waals surface area contributed by atoms with Crippen LogP contribution in [0.2, 0.25) is 0 Å². The molecule has 0 aliphatic heterocycles. The molecular formula is C22H32N4O5S. The monoisotopic (exact) mass is 464 g/mol. The van der Waals surface area contributed by atoms with E-state index in [1.165, 1.54) is 21.6 Å². The van der Waals surface area contributed by atoms with Crippen molar-refractivity contribution >= 4 is 27.2 Å². The number of nitrogen functional groups attached to an aromatic ring is 1. The number of rotatable bonds is 10. The van der Waals surface area contributed by atoms with Gasteiger partial charge in [0.25, 0.3) is 11.5 Å². The largest absolute Gasteiger partial charge is 0.383 e. The summed E-state index contributed by atoms with van der Waals surface area (Å²) in [6.07, 6.45) is 4.88. The number of nitrogens with one attached hydrogen (secondary N) is 1. The number of hydrogen-bond acceptors (Lipinski definition) is 6. The van der Waals surface area contributed by atoms with Crippen LogP contribution in [0.1, 0.15) is 61.9 Å². The van der Waals surface area contributed by atoms with Crippen molar-refractivity contribution in [1.29, 1.82) is 0 Å². The number of carbonyl (C=O) groups is 1. The number of aryl methyl sites for hydroxylation is 1. The number of unbranched alkanes of at least 4 members (excludes halogenated alkanes) is 3. The predicted molar refractivity (Wildman–Crippen MR) is 126 cm³/mol. The van der Waals surface area contributed by atoms with Gasteiger partial charge in [-0.3, -0.25) is 19.1 Å². The zero-order chi connectivity index (χ0) is 24.1. The lowest BCUT2D eigenvalue weighted by atomic mass is 10.1. The molecule has 1 amide bonds. The van der Waals surface area contributed by atoms with E-state index in [1.54, 1.807) is 13.0 Å². The average Bonchev–Trinajstić information content (AvgIpc) is 2.71. The number of carbonyl (C=O) groups excluding carboxylic acids is 1. The van der Waals surface area contributed by atoms with Crippen LogP contribution < -0.4 is 21.9 Å². The molecule has 2 aromatic rings. The lowest BCUT2D eigenvalue weighted by molar-refractivity contribution is 0.0985. The van der Waals surface area contributed by atoms with Gasteiger partial charge in [-0.15, -0.1) is 0 Å². The number of nitrogens with zero attached hydrogens (tertiary/aromatic N) is 2. The lowest BCUT2D eigenvalue weighted by Crippen LogP contribution is -2.42. The first-order valence-corrected chi connectivity index (χ1v) is 12.7. The Hall–Kier alpha value is -2.88. The van der Waals surface area contributed by atoms with E-state index in [9.17, 15) is 22.8 Å². The molecule has 1 heterocycles. The fraction of sp³-hybridized carbons (Fsp3) is 0.500. The summed E-state index contributed by atoms with van der Waals surface area (Å²) in [6.45, 7) is 6.18. The van der Waals surface area contributed by atoms with Gasteiger partial charge in [-0.2, -0.15) is 0 Å². The zero-order valence-electron chi connectivity index (χ0n) is 19.1. The number of amides is 1. The molecule has 0 spiro atoms. The third-order valence-electron chi connectivity index (χ3n) is 5.32. The molecule has 2 rings (SSSR count). The topological polar surface area (TPSA) is 135 Å². The Balaban J connectivity index is 2.68. The van der Waals surface area contributed by atoms with Crippen molar-refractivity contribution in [2.24, 2.45) is 0 Å². The van der Waals surface area contributed by atoms with Crippen molar-refractivity contribution in [2.45, 2.75) is 64.3 Å². The molecule has 176 valence electrons. The molecule has 0 aliphatic rings. The van der Waals surface area contributed by atoms with Gasteiger partial charge in [0, 0.05) is 24.9 Å². The van der Waals surface area contributed by atoms with Crippen LogP contribution >= 0.6 is 0 Å². The summed E-state index contributed by atoms with van der Waals surface area (Å²) in [6, 6.07) is 4.32. The van der Waals surface area contributed by atoms with Gasteiger partial charge in [0.1, 0.15) is 5.82 Å². The first-order valence-electron chi connectivity index (χ1n) is 10.8. The second-order valence-corrected chi connectivity index (χ2v) is 9.93. The van der Waals surface area contributed by atoms with E-state index in [4.69, 9.17) is 5.73 Å². The standard InChI is InChI=1S/C22H32N4O5S/c1-5-7-9-13-25(18-19(23)26(12-8-6-2)22(29)24-20(18)27)21(28)17-14-16(32(4,30)31)11-10-15(17)3/h10-11,14H,5-9,12-13,23H2,1-4H3,(H,24,27,29). The molecule has 10 heteroatoms. The fourth-order valence-corrected chi connectivity index (χ4v) is 4.07. The van der Waals surface area contributed by atoms with Crippen molar-refractivity contribution < 1.29 is 13.2 Å². The summed E-state index contributed by atoms with van der Waals surface area (Å²) in [4.78, 5) is 42.2. The first-order chi connectivity index (χ1) is 15.0. The minimum atomic E-state index is -3.53. The van der Waals surface area contributed by atoms with Crippen LogP contribution in [-0.2, 0) is 16.4 Å². The van der Waals surface area contributed by atoms with Crippen molar-refractivity contribution in [3.63, 3.8) is 0 Å². The van der Waals surface area contributed by atoms with Gasteiger partial charge in [0.05, 0.1) is 4.90 Å². The van der Waals surface area contributed by atoms with E-state index in [0.29, 0.717) is 24.9 Å². The van der Waals surface area contributed by atoms with Gasteiger partial charge >= 0.3 is 5.69 Å². The highest BCUT2D eigenvalue weighted by atomic mass is 32.2. The molecule has 9 nitrogen and oxygen atoms in total. The Morgan fingerprint density at radius 2 is 1.78 bits per heavy atom. The van der Waals surface area contributed by atoms with Crippen LogP contribution in [0.5, 0.6) is 0 Å². The molecule has 0 saturated heterocycles. The van der Waals surface area contributed by atoms with E-state index in [-0.39, 0.29) is 28.5 Å². The van der Waals surface area contributed by atoms with E-state index >= 15 is 0 Å². The molecular weight excluding hydrogens is 432 g/mol. The molecule has 0 aliphatic carbocycles. The summed E-state index contributed by atoms with van der Waals surface area (Å²) in [7, 11) is -3.53. The molecule has 0 radical (unpaired) electrons. The van der Waals surface area contributed by atoms with Crippen LogP contribution in [-0.4, -0.2) is 36.7 Å². The Labute approximate surface area is 188 Å². The molecule has 0 saturated carbocycles. The number of anilines is 2. The Bertz CT molecular complexity index is 1200. The van der Waals surface area contributed by atoms with Crippen LogP contribution in [0.15, 0.2) is 32.7 Å². The second kappa shape index (κ2) is 10.6. The number of nitrogens with two attached hydrogens (primary N) is 1. The van der Waals surface area contributed by atoms with Gasteiger partial charge in [-0.1, -0.05) is 39.2 Å². The summed E-state index contributed by atoms with van der Waals surface area (Å²) in [5, 5.41) is 0. The molecule has 0 bridgehead atoms. The highest BCUT2D eigenvalue weighted by Gasteiger charge is 2.26. The SMILES string of the molecule is CCCCCN(C(=O)c1cc(S(C)(=O)=O)ccc1C)c1c(N)n(CCCC)c(=O)[nH]c1=O. The maximum atomic E-state index is 13.6. The fourth-order valence-electron chi connectivity index (χ4n) is 3.42. The minimum Gasteiger partial charge on any atom is -0.383 e. The quantitative estimate of drug-likeness (QED) is 0.519. The number of H-pyrrole nitrogens is 1. The molecule has 3 N–H and O–H groups in total. The zero-order valence-corrected chi connectivity index (χ0v) is 19.9. The summed E-state index contributed by atoms with van der Waals surface area (Å²) in [5.74, 6) is -0.615. The van der Waals surface area contributed by atoms with Crippen molar-refractivity contribution in [1.82, 2.24) is 9.55 Å². The van der Waals surface area contributed by atoms with Crippen molar-refractivity contribution in [2.75, 3.05) is 23.4 Å². The molecule has 0 atom stereocenters. The summed E-state index contributed by atoms with van der Waals surface area (Å²) < 4.78 is 25.3. The average molecular weight is 465 g/mol. The van der Waals surface area contributed by atoms with E-state index in [2.05, 4.69) is 4.98 Å². The molecule has 1 aromatic heterocycles. The van der Waals surface area contributed by atoms with Crippen LogP contribution in [0.4, 0.5) is 11.5 Å². The number of hydrogen-bond donors (Lipinski definition) is 2. The highest BCUT2D eigenvalue weighted by Crippen LogP contribution is 2.24. The number of aromatic nitrogens is 2. The van der Waals surface area contributed by atoms with Crippen LogP contribution in [0.3, 0.4) is 0 Å². The Kier molecular flexibility index (Phi) is 8.43. The molecule has 0 fully saturated rings. The summed E-state index contributed by atoms with van der Waals surface area (Å²) in [5.41, 5.74) is 5.50. The Morgan fingerprint density at radius 1 is 1.12 bits per heavy atom. The van der Waals surface area contributed by atoms with Gasteiger partial charge in [0.2, 0.25) is 0 Å². The molecule has 1 aromatic carbocycles. The number of aromatic amines is 1. The van der Waals surface area contributed by atoms with E-state index < -0.39 is 27.0 Å². The van der Waals surface area contributed by atoms with Crippen molar-refractivity contribution in [3.05, 3.63) is 50.2 Å². The maximum Gasteiger partial charge on any atom is 0.330 e. The second-order valence-electron chi connectivity index (χ2n) is 7.91. The van der Waals surface area contributed by atoms with Gasteiger partial charge in [-0.25, -0.2) is 13.2 Å². The maximum absolute atomic E-state index is 13.6. The van der Waals surface area contributed by atoms with Gasteiger partial charge in [-0.05, 0) is 37.5 Å². The van der Waals surface area contributed by atoms with Crippen molar-refractivity contribution in [3.8, 4) is 0 Å². The third-order valence-corrected chi connectivity index (χ3v) is 6.43.